The van der Waals surface area contributed by atoms with Crippen molar-refractivity contribution in [2.75, 3.05) is 6.54 Å². The lowest BCUT2D eigenvalue weighted by Crippen LogP contribution is -2.53. The van der Waals surface area contributed by atoms with Crippen molar-refractivity contribution in [2.45, 2.75) is 70.9 Å². The summed E-state index contributed by atoms with van der Waals surface area (Å²) in [6.07, 6.45) is 1.79. The number of pyridine rings is 1. The van der Waals surface area contributed by atoms with Gasteiger partial charge in [0.1, 0.15) is 0 Å². The van der Waals surface area contributed by atoms with E-state index in [2.05, 4.69) is 4.98 Å². The number of carbonyl (C=O) groups is 1. The molecule has 1 aliphatic heterocycles. The third-order valence-electron chi connectivity index (χ3n) is 6.70. The standard InChI is InChI=1S/C21H28Cl2F2N2O2.H3P/c1-11-14-5-3-4-13(8-18(24)25)15(14)6-7-27(11)19(29)9-16-17(22)10-26-21(12(2)28)20(16)23;/h10-15,18,28H,3-9H2,1-2H3;1H3. The van der Waals surface area contributed by atoms with Crippen LogP contribution in [0.4, 0.5) is 8.78 Å². The molecule has 1 aromatic rings. The van der Waals surface area contributed by atoms with E-state index in [1.54, 1.807) is 6.92 Å². The van der Waals surface area contributed by atoms with Crippen LogP contribution in [0.2, 0.25) is 10.0 Å². The SMILES string of the molecule is CC(O)c1ncc(Cl)c(CC(=O)N2CCC3C(CC(F)F)CCCC3C2C)c1Cl.P. The van der Waals surface area contributed by atoms with E-state index in [1.165, 1.54) is 6.20 Å². The van der Waals surface area contributed by atoms with Crippen molar-refractivity contribution in [3.63, 3.8) is 0 Å². The molecule has 170 valence electrons. The number of hydrogen-bond donors (Lipinski definition) is 1. The summed E-state index contributed by atoms with van der Waals surface area (Å²) in [7, 11) is 0. The third-order valence-corrected chi connectivity index (χ3v) is 7.45. The van der Waals surface area contributed by atoms with Gasteiger partial charge in [-0.15, -0.1) is 0 Å². The maximum atomic E-state index is 13.1. The Kier molecular flexibility index (Phi) is 9.30. The highest BCUT2D eigenvalue weighted by Crippen LogP contribution is 2.45. The van der Waals surface area contributed by atoms with E-state index >= 15 is 0 Å². The molecule has 0 bridgehead atoms. The zero-order valence-corrected chi connectivity index (χ0v) is 20.4. The zero-order valence-electron chi connectivity index (χ0n) is 17.5. The molecule has 6 unspecified atom stereocenters. The van der Waals surface area contributed by atoms with Crippen molar-refractivity contribution in [2.24, 2.45) is 17.8 Å². The second-order valence-corrected chi connectivity index (χ2v) is 9.18. The molecule has 2 heterocycles. The van der Waals surface area contributed by atoms with Crippen LogP contribution in [0.5, 0.6) is 0 Å². The molecule has 1 aliphatic carbocycles. The maximum Gasteiger partial charge on any atom is 0.238 e. The number of nitrogens with zero attached hydrogens (tertiary/aromatic N) is 2. The molecule has 3 rings (SSSR count). The van der Waals surface area contributed by atoms with Gasteiger partial charge < -0.3 is 10.0 Å². The van der Waals surface area contributed by atoms with Gasteiger partial charge in [-0.25, -0.2) is 8.78 Å². The van der Waals surface area contributed by atoms with Crippen molar-refractivity contribution in [1.29, 1.82) is 0 Å². The predicted octanol–water partition coefficient (Wildman–Crippen LogP) is 5.35. The summed E-state index contributed by atoms with van der Waals surface area (Å²) in [6.45, 7) is 4.14. The van der Waals surface area contributed by atoms with Crippen molar-refractivity contribution in [3.8, 4) is 0 Å². The molecule has 1 N–H and O–H groups in total. The van der Waals surface area contributed by atoms with Crippen LogP contribution in [0, 0.1) is 17.8 Å². The molecule has 1 aromatic heterocycles. The number of rotatable bonds is 5. The summed E-state index contributed by atoms with van der Waals surface area (Å²) in [4.78, 5) is 19.0. The number of fused-ring (bicyclic) bond motifs is 1. The number of aliphatic hydroxyl groups is 1. The minimum absolute atomic E-state index is 0. The van der Waals surface area contributed by atoms with Gasteiger partial charge in [-0.05, 0) is 50.9 Å². The van der Waals surface area contributed by atoms with E-state index < -0.39 is 12.5 Å². The van der Waals surface area contributed by atoms with Crippen molar-refractivity contribution in [1.82, 2.24) is 9.88 Å². The monoisotopic (exact) mass is 482 g/mol. The number of carbonyl (C=O) groups excluding carboxylic acids is 1. The third kappa shape index (κ3) is 5.43. The molecule has 30 heavy (non-hydrogen) atoms. The van der Waals surface area contributed by atoms with E-state index in [-0.39, 0.29) is 57.5 Å². The first kappa shape index (κ1) is 25.7. The number of amides is 1. The van der Waals surface area contributed by atoms with Crippen LogP contribution < -0.4 is 0 Å². The first-order valence-electron chi connectivity index (χ1n) is 10.3. The lowest BCUT2D eigenvalue weighted by Gasteiger charge is -2.49. The fraction of sp³-hybridized carbons (Fsp3) is 0.714. The number of alkyl halides is 2. The molecule has 0 radical (unpaired) electrons. The Morgan fingerprint density at radius 3 is 2.63 bits per heavy atom. The Morgan fingerprint density at radius 2 is 2.00 bits per heavy atom. The molecule has 1 amide bonds. The van der Waals surface area contributed by atoms with Gasteiger partial charge >= 0.3 is 0 Å². The zero-order chi connectivity index (χ0) is 21.3. The molecule has 6 atom stereocenters. The molecule has 2 fully saturated rings. The van der Waals surface area contributed by atoms with Gasteiger partial charge in [0.15, 0.2) is 0 Å². The van der Waals surface area contributed by atoms with Gasteiger partial charge in [0.2, 0.25) is 12.3 Å². The average Bonchev–Trinajstić information content (AvgIpc) is 2.65. The lowest BCUT2D eigenvalue weighted by molar-refractivity contribution is -0.138. The van der Waals surface area contributed by atoms with Gasteiger partial charge in [-0.1, -0.05) is 29.6 Å². The number of piperidine rings is 1. The number of halogens is 4. The van der Waals surface area contributed by atoms with Gasteiger partial charge in [0, 0.05) is 30.8 Å². The highest BCUT2D eigenvalue weighted by Gasteiger charge is 2.43. The summed E-state index contributed by atoms with van der Waals surface area (Å²) in [5, 5.41) is 10.3. The van der Waals surface area contributed by atoms with E-state index in [1.807, 2.05) is 11.8 Å². The Balaban J connectivity index is 0.00000320. The Hall–Kier alpha value is -0.550. The topological polar surface area (TPSA) is 53.4 Å². The lowest BCUT2D eigenvalue weighted by atomic mass is 9.65. The molecule has 2 aliphatic rings. The fourth-order valence-electron chi connectivity index (χ4n) is 5.26. The molecule has 1 saturated carbocycles. The molecule has 1 saturated heterocycles. The average molecular weight is 483 g/mol. The van der Waals surface area contributed by atoms with Crippen LogP contribution in [-0.4, -0.2) is 39.9 Å². The predicted molar refractivity (Wildman–Crippen MR) is 120 cm³/mol. The maximum absolute atomic E-state index is 13.1. The fourth-order valence-corrected chi connectivity index (χ4v) is 5.90. The first-order valence-corrected chi connectivity index (χ1v) is 11.0. The molecular formula is C21H31Cl2F2N2O2P. The number of aromatic nitrogens is 1. The minimum Gasteiger partial charge on any atom is -0.387 e. The summed E-state index contributed by atoms with van der Waals surface area (Å²) in [5.74, 6) is 0.470. The molecule has 0 spiro atoms. The van der Waals surface area contributed by atoms with Crippen molar-refractivity contribution in [3.05, 3.63) is 27.5 Å². The largest absolute Gasteiger partial charge is 0.387 e. The number of likely N-dealkylation sites (tertiary alicyclic amines) is 1. The van der Waals surface area contributed by atoms with E-state index in [0.717, 1.165) is 25.7 Å². The summed E-state index contributed by atoms with van der Waals surface area (Å²) >= 11 is 12.6. The van der Waals surface area contributed by atoms with Crippen LogP contribution in [0.3, 0.4) is 0 Å². The highest BCUT2D eigenvalue weighted by atomic mass is 35.5. The van der Waals surface area contributed by atoms with E-state index in [0.29, 0.717) is 22.8 Å². The van der Waals surface area contributed by atoms with Gasteiger partial charge in [0.05, 0.1) is 28.3 Å². The van der Waals surface area contributed by atoms with Crippen molar-refractivity contribution >= 4 is 39.0 Å². The van der Waals surface area contributed by atoms with Crippen LogP contribution in [0.15, 0.2) is 6.20 Å². The first-order chi connectivity index (χ1) is 13.7. The highest BCUT2D eigenvalue weighted by molar-refractivity contribution is 6.92. The quantitative estimate of drug-likeness (QED) is 0.575. The van der Waals surface area contributed by atoms with Crippen LogP contribution in [0.25, 0.3) is 0 Å². The Labute approximate surface area is 190 Å². The van der Waals surface area contributed by atoms with Crippen molar-refractivity contribution < 1.29 is 18.7 Å². The summed E-state index contributed by atoms with van der Waals surface area (Å²) in [5.41, 5.74) is 0.769. The Bertz CT molecular complexity index is 754. The van der Waals surface area contributed by atoms with Crippen LogP contribution in [0.1, 0.15) is 63.3 Å². The number of hydrogen-bond acceptors (Lipinski definition) is 3. The molecule has 4 nitrogen and oxygen atoms in total. The van der Waals surface area contributed by atoms with Crippen LogP contribution in [-0.2, 0) is 11.2 Å². The van der Waals surface area contributed by atoms with E-state index in [9.17, 15) is 18.7 Å². The van der Waals surface area contributed by atoms with Gasteiger partial charge in [-0.2, -0.15) is 9.90 Å². The van der Waals surface area contributed by atoms with E-state index in [4.69, 9.17) is 23.2 Å². The van der Waals surface area contributed by atoms with Crippen LogP contribution >= 0.6 is 33.1 Å². The van der Waals surface area contributed by atoms with Gasteiger partial charge in [-0.3, -0.25) is 9.78 Å². The molecule has 9 heteroatoms. The second kappa shape index (κ2) is 10.8. The Morgan fingerprint density at radius 1 is 1.30 bits per heavy atom. The molecular weight excluding hydrogens is 452 g/mol. The smallest absolute Gasteiger partial charge is 0.238 e. The normalized spacial score (nSPS) is 27.4. The summed E-state index contributed by atoms with van der Waals surface area (Å²) in [6, 6.07) is -0.00246. The number of aliphatic hydroxyl groups excluding tert-OH is 1. The minimum atomic E-state index is -2.27. The second-order valence-electron chi connectivity index (χ2n) is 8.40. The molecule has 0 aromatic carbocycles. The van der Waals surface area contributed by atoms with Gasteiger partial charge in [0.25, 0.3) is 0 Å². The summed E-state index contributed by atoms with van der Waals surface area (Å²) < 4.78 is 25.9.